The van der Waals surface area contributed by atoms with E-state index in [-0.39, 0.29) is 42.9 Å². The molecule has 31 heavy (non-hydrogen) atoms. The third-order valence-corrected chi connectivity index (χ3v) is 6.27. The van der Waals surface area contributed by atoms with Gasteiger partial charge < -0.3 is 29.5 Å². The Morgan fingerprint density at radius 3 is 2.71 bits per heavy atom. The molecule has 0 spiro atoms. The van der Waals surface area contributed by atoms with Crippen molar-refractivity contribution in [2.45, 2.75) is 50.4 Å². The topological polar surface area (TPSA) is 114 Å². The zero-order valence-corrected chi connectivity index (χ0v) is 17.5. The fourth-order valence-electron chi connectivity index (χ4n) is 4.50. The monoisotopic (exact) mass is 432 g/mol. The van der Waals surface area contributed by atoms with Gasteiger partial charge in [-0.05, 0) is 43.9 Å². The molecule has 4 rings (SSSR count). The molecule has 2 fully saturated rings. The zero-order chi connectivity index (χ0) is 22.0. The number of aliphatic carboxylic acids is 1. The maximum Gasteiger partial charge on any atom is 0.305 e. The van der Waals surface area contributed by atoms with Gasteiger partial charge in [0.15, 0.2) is 0 Å². The Hall–Kier alpha value is -2.65. The highest BCUT2D eigenvalue weighted by Gasteiger charge is 2.39. The number of nitrogens with one attached hydrogen (secondary N) is 1. The van der Waals surface area contributed by atoms with Crippen molar-refractivity contribution in [1.82, 2.24) is 4.90 Å². The number of carboxylic acids is 1. The molecule has 3 atom stereocenters. The lowest BCUT2D eigenvalue weighted by molar-refractivity contribution is -0.148. The van der Waals surface area contributed by atoms with E-state index in [1.807, 2.05) is 0 Å². The van der Waals surface area contributed by atoms with Crippen molar-refractivity contribution in [3.8, 4) is 5.75 Å². The van der Waals surface area contributed by atoms with Crippen LogP contribution < -0.4 is 10.1 Å². The van der Waals surface area contributed by atoms with E-state index in [4.69, 9.17) is 19.3 Å². The molecule has 0 aromatic heterocycles. The maximum atomic E-state index is 13.2. The Kier molecular flexibility index (Phi) is 6.43. The van der Waals surface area contributed by atoms with E-state index in [1.165, 1.54) is 0 Å². The van der Waals surface area contributed by atoms with E-state index >= 15 is 0 Å². The number of likely N-dealkylation sites (N-methyl/N-ethyl adjacent to an activating group) is 1. The van der Waals surface area contributed by atoms with Crippen LogP contribution in [0.5, 0.6) is 5.75 Å². The minimum Gasteiger partial charge on any atom is -0.490 e. The lowest BCUT2D eigenvalue weighted by atomic mass is 9.94. The standard InChI is InChI=1S/C22H28N2O7/c1-24-17-4-3-15(11-20(25)26)31-19(17)12-30-18-5-2-14(10-16(18)22(24)28)23-21(27)13-6-8-29-9-7-13/h2,5,10,13,15,17,19H,3-4,6-9,11-12H2,1H3,(H,23,27)(H,25,26)/t15-,17+,19+/m0/s1. The highest BCUT2D eigenvalue weighted by molar-refractivity contribution is 6.00. The van der Waals surface area contributed by atoms with Crippen molar-refractivity contribution in [1.29, 1.82) is 0 Å². The molecule has 1 aromatic carbocycles. The summed E-state index contributed by atoms with van der Waals surface area (Å²) in [6.45, 7) is 1.38. The fraction of sp³-hybridized carbons (Fsp3) is 0.591. The van der Waals surface area contributed by atoms with Crippen LogP contribution in [0.3, 0.4) is 0 Å². The first-order valence-electron chi connectivity index (χ1n) is 10.7. The quantitative estimate of drug-likeness (QED) is 0.747. The molecule has 0 aliphatic carbocycles. The molecule has 3 aliphatic rings. The van der Waals surface area contributed by atoms with E-state index in [9.17, 15) is 14.4 Å². The van der Waals surface area contributed by atoms with Crippen molar-refractivity contribution in [3.63, 3.8) is 0 Å². The first-order chi connectivity index (χ1) is 14.9. The lowest BCUT2D eigenvalue weighted by Crippen LogP contribution is -2.53. The van der Waals surface area contributed by atoms with Crippen molar-refractivity contribution in [3.05, 3.63) is 23.8 Å². The summed E-state index contributed by atoms with van der Waals surface area (Å²) in [6.07, 6.45) is 1.75. The van der Waals surface area contributed by atoms with Crippen LogP contribution in [-0.2, 0) is 19.1 Å². The molecule has 3 heterocycles. The fourth-order valence-corrected chi connectivity index (χ4v) is 4.50. The summed E-state index contributed by atoms with van der Waals surface area (Å²) in [4.78, 5) is 38.4. The summed E-state index contributed by atoms with van der Waals surface area (Å²) in [5, 5.41) is 12.0. The van der Waals surface area contributed by atoms with E-state index in [0.29, 0.717) is 55.9 Å². The Morgan fingerprint density at radius 1 is 1.19 bits per heavy atom. The number of hydrogen-bond acceptors (Lipinski definition) is 6. The Morgan fingerprint density at radius 2 is 1.97 bits per heavy atom. The predicted molar refractivity (Wildman–Crippen MR) is 110 cm³/mol. The Labute approximate surface area is 180 Å². The van der Waals surface area contributed by atoms with E-state index in [1.54, 1.807) is 30.1 Å². The largest absolute Gasteiger partial charge is 0.490 e. The van der Waals surface area contributed by atoms with E-state index in [0.717, 1.165) is 0 Å². The van der Waals surface area contributed by atoms with Gasteiger partial charge in [-0.3, -0.25) is 14.4 Å². The molecular formula is C22H28N2O7. The van der Waals surface area contributed by atoms with Gasteiger partial charge in [0.05, 0.1) is 24.1 Å². The maximum absolute atomic E-state index is 13.2. The summed E-state index contributed by atoms with van der Waals surface area (Å²) < 4.78 is 17.2. The Balaban J connectivity index is 1.49. The molecule has 0 unspecified atom stereocenters. The van der Waals surface area contributed by atoms with Gasteiger partial charge in [0.25, 0.3) is 5.91 Å². The molecule has 1 aromatic rings. The minimum atomic E-state index is -0.902. The number of nitrogens with zero attached hydrogens (tertiary/aromatic N) is 1. The number of carbonyl (C=O) groups is 3. The molecule has 2 saturated heterocycles. The van der Waals surface area contributed by atoms with Crippen molar-refractivity contribution >= 4 is 23.5 Å². The van der Waals surface area contributed by atoms with Crippen LogP contribution in [0.4, 0.5) is 5.69 Å². The van der Waals surface area contributed by atoms with Crippen LogP contribution in [0, 0.1) is 5.92 Å². The van der Waals surface area contributed by atoms with Crippen LogP contribution in [0.15, 0.2) is 18.2 Å². The molecular weight excluding hydrogens is 404 g/mol. The average Bonchev–Trinajstić information content (AvgIpc) is 2.77. The van der Waals surface area contributed by atoms with Gasteiger partial charge in [-0.25, -0.2) is 0 Å². The summed E-state index contributed by atoms with van der Waals surface area (Å²) in [6, 6.07) is 4.85. The number of benzene rings is 1. The van der Waals surface area contributed by atoms with Crippen LogP contribution in [0.2, 0.25) is 0 Å². The van der Waals surface area contributed by atoms with E-state index in [2.05, 4.69) is 5.32 Å². The van der Waals surface area contributed by atoms with Gasteiger partial charge in [-0.15, -0.1) is 0 Å². The molecule has 9 nitrogen and oxygen atoms in total. The van der Waals surface area contributed by atoms with Crippen LogP contribution >= 0.6 is 0 Å². The lowest BCUT2D eigenvalue weighted by Gasteiger charge is -2.42. The number of hydrogen-bond donors (Lipinski definition) is 2. The normalized spacial score (nSPS) is 26.7. The van der Waals surface area contributed by atoms with Crippen LogP contribution in [-0.4, -0.2) is 72.9 Å². The van der Waals surface area contributed by atoms with Gasteiger partial charge >= 0.3 is 5.97 Å². The molecule has 168 valence electrons. The van der Waals surface area contributed by atoms with Crippen LogP contribution in [0.1, 0.15) is 42.5 Å². The number of amides is 2. The molecule has 0 bridgehead atoms. The average molecular weight is 432 g/mol. The number of ether oxygens (including phenoxy) is 3. The van der Waals surface area contributed by atoms with Crippen molar-refractivity contribution in [2.75, 3.05) is 32.2 Å². The molecule has 0 radical (unpaired) electrons. The van der Waals surface area contributed by atoms with Crippen molar-refractivity contribution < 1.29 is 33.7 Å². The number of rotatable bonds is 4. The molecule has 2 amide bonds. The Bertz CT molecular complexity index is 852. The van der Waals surface area contributed by atoms with E-state index < -0.39 is 12.1 Å². The summed E-state index contributed by atoms with van der Waals surface area (Å²) in [7, 11) is 1.73. The number of fused-ring (bicyclic) bond motifs is 2. The second kappa shape index (κ2) is 9.23. The van der Waals surface area contributed by atoms with Gasteiger partial charge in [0, 0.05) is 31.9 Å². The smallest absolute Gasteiger partial charge is 0.305 e. The molecule has 2 N–H and O–H groups in total. The zero-order valence-electron chi connectivity index (χ0n) is 17.5. The van der Waals surface area contributed by atoms with Gasteiger partial charge in [0.1, 0.15) is 18.5 Å². The first-order valence-corrected chi connectivity index (χ1v) is 10.7. The van der Waals surface area contributed by atoms with Gasteiger partial charge in [-0.2, -0.15) is 0 Å². The van der Waals surface area contributed by atoms with Crippen LogP contribution in [0.25, 0.3) is 0 Å². The summed E-state index contributed by atoms with van der Waals surface area (Å²) >= 11 is 0. The predicted octanol–water partition coefficient (Wildman–Crippen LogP) is 1.91. The summed E-state index contributed by atoms with van der Waals surface area (Å²) in [5.41, 5.74) is 0.942. The number of carboxylic acid groups (broad SMARTS) is 1. The third-order valence-electron chi connectivity index (χ3n) is 6.27. The van der Waals surface area contributed by atoms with Crippen molar-refractivity contribution in [2.24, 2.45) is 5.92 Å². The molecule has 3 aliphatic heterocycles. The third kappa shape index (κ3) is 4.83. The second-order valence-corrected chi connectivity index (χ2v) is 8.35. The molecule has 9 heteroatoms. The highest BCUT2D eigenvalue weighted by atomic mass is 16.5. The van der Waals surface area contributed by atoms with Gasteiger partial charge in [0.2, 0.25) is 5.91 Å². The second-order valence-electron chi connectivity index (χ2n) is 8.35. The summed E-state index contributed by atoms with van der Waals surface area (Å²) in [5.74, 6) is -0.860. The minimum absolute atomic E-state index is 0.0619. The number of carbonyl (C=O) groups excluding carboxylic acids is 2. The molecule has 0 saturated carbocycles. The first kappa shape index (κ1) is 21.6. The SMILES string of the molecule is CN1C(=O)c2cc(NC(=O)C3CCOCC3)ccc2OC[C@H]2O[C@H](CC(=O)O)CC[C@H]21. The highest BCUT2D eigenvalue weighted by Crippen LogP contribution is 2.32. The van der Waals surface area contributed by atoms with Gasteiger partial charge in [-0.1, -0.05) is 0 Å². The number of anilines is 1.